The molecule has 4 aliphatic rings. The molecule has 192 valence electrons. The maximum atomic E-state index is 3.92. The quantitative estimate of drug-likeness (QED) is 0.227. The first-order chi connectivity index (χ1) is 20.2. The monoisotopic (exact) mass is 522 g/mol. The summed E-state index contributed by atoms with van der Waals surface area (Å²) < 4.78 is 2.41. The zero-order valence-corrected chi connectivity index (χ0v) is 22.6. The second kappa shape index (κ2) is 7.16. The van der Waals surface area contributed by atoms with Crippen LogP contribution in [0.4, 0.5) is 11.4 Å². The van der Waals surface area contributed by atoms with Crippen LogP contribution in [0.15, 0.2) is 133 Å². The molecule has 1 aliphatic heterocycles. The number of para-hydroxylation sites is 2. The first kappa shape index (κ1) is 21.7. The maximum absolute atomic E-state index is 3.92. The van der Waals surface area contributed by atoms with Gasteiger partial charge in [0.15, 0.2) is 0 Å². The lowest BCUT2D eigenvalue weighted by molar-refractivity contribution is 0.532. The Labute approximate surface area is 238 Å². The lowest BCUT2D eigenvalue weighted by Gasteiger charge is -2.58. The van der Waals surface area contributed by atoms with Crippen molar-refractivity contribution in [3.8, 4) is 5.69 Å². The molecule has 1 N–H and O–H groups in total. The van der Waals surface area contributed by atoms with Crippen LogP contribution in [0.5, 0.6) is 0 Å². The van der Waals surface area contributed by atoms with Crippen LogP contribution in [-0.4, -0.2) is 4.57 Å². The molecule has 0 saturated heterocycles. The summed E-state index contributed by atoms with van der Waals surface area (Å²) >= 11 is 0. The number of benzene rings is 6. The molecule has 2 bridgehead atoms. The van der Waals surface area contributed by atoms with Crippen molar-refractivity contribution in [1.82, 2.24) is 4.57 Å². The van der Waals surface area contributed by atoms with Crippen LogP contribution >= 0.6 is 0 Å². The van der Waals surface area contributed by atoms with E-state index >= 15 is 0 Å². The summed E-state index contributed by atoms with van der Waals surface area (Å²) in [6, 6.07) is 49.7. The van der Waals surface area contributed by atoms with Crippen molar-refractivity contribution in [2.24, 2.45) is 0 Å². The molecule has 2 nitrogen and oxygen atoms in total. The van der Waals surface area contributed by atoms with Gasteiger partial charge >= 0.3 is 0 Å². The fraction of sp³-hybridized carbons (Fsp3) is 0.0769. The van der Waals surface area contributed by atoms with E-state index in [2.05, 4.69) is 150 Å². The third-order valence-electron chi connectivity index (χ3n) is 10.2. The van der Waals surface area contributed by atoms with E-state index in [4.69, 9.17) is 0 Å². The van der Waals surface area contributed by atoms with Gasteiger partial charge in [0.1, 0.15) is 0 Å². The SMILES string of the molecule is CC12c3ccccc3C3(c4ccc(-n5c6ccccc6c6ccccc65)cc4Nc4cccc1c43)c1ccccc12. The molecule has 6 aromatic carbocycles. The van der Waals surface area contributed by atoms with Gasteiger partial charge in [-0.15, -0.1) is 0 Å². The van der Waals surface area contributed by atoms with Gasteiger partial charge in [-0.1, -0.05) is 103 Å². The second-order valence-corrected chi connectivity index (χ2v) is 11.9. The average Bonchev–Trinajstić information content (AvgIpc) is 3.37. The largest absolute Gasteiger partial charge is 0.355 e. The van der Waals surface area contributed by atoms with Gasteiger partial charge in [0.25, 0.3) is 0 Å². The van der Waals surface area contributed by atoms with Crippen molar-refractivity contribution in [2.45, 2.75) is 17.8 Å². The molecule has 2 heterocycles. The highest BCUT2D eigenvalue weighted by Gasteiger charge is 2.59. The average molecular weight is 523 g/mol. The first-order valence-electron chi connectivity index (χ1n) is 14.5. The Morgan fingerprint density at radius 3 is 1.71 bits per heavy atom. The smallest absolute Gasteiger partial charge is 0.0751 e. The topological polar surface area (TPSA) is 17.0 Å². The summed E-state index contributed by atoms with van der Waals surface area (Å²) in [5.74, 6) is 0. The number of nitrogens with one attached hydrogen (secondary N) is 1. The minimum atomic E-state index is -0.364. The predicted molar refractivity (Wildman–Crippen MR) is 168 cm³/mol. The lowest BCUT2D eigenvalue weighted by atomic mass is 9.45. The Bertz CT molecular complexity index is 2170. The Hall–Kier alpha value is -5.08. The van der Waals surface area contributed by atoms with E-state index in [1.807, 2.05) is 0 Å². The van der Waals surface area contributed by atoms with Gasteiger partial charge in [-0.2, -0.15) is 0 Å². The normalized spacial score (nSPS) is 20.7. The molecule has 2 heteroatoms. The maximum Gasteiger partial charge on any atom is 0.0751 e. The minimum Gasteiger partial charge on any atom is -0.355 e. The van der Waals surface area contributed by atoms with E-state index in [1.165, 1.54) is 77.8 Å². The number of anilines is 2. The predicted octanol–water partition coefficient (Wildman–Crippen LogP) is 9.20. The van der Waals surface area contributed by atoms with Gasteiger partial charge in [0, 0.05) is 33.2 Å². The van der Waals surface area contributed by atoms with Gasteiger partial charge in [-0.3, -0.25) is 0 Å². The molecule has 1 spiro atoms. The summed E-state index contributed by atoms with van der Waals surface area (Å²) in [5.41, 5.74) is 15.3. The van der Waals surface area contributed by atoms with Crippen LogP contribution in [0.2, 0.25) is 0 Å². The molecular weight excluding hydrogens is 496 g/mol. The number of rotatable bonds is 1. The van der Waals surface area contributed by atoms with Crippen molar-refractivity contribution in [2.75, 3.05) is 5.32 Å². The van der Waals surface area contributed by atoms with E-state index < -0.39 is 0 Å². The van der Waals surface area contributed by atoms with Crippen molar-refractivity contribution in [3.63, 3.8) is 0 Å². The number of nitrogens with zero attached hydrogens (tertiary/aromatic N) is 1. The standard InChI is InChI=1S/C39H26N2/c1-38-27-13-4-6-15-29(27)39(30-16-7-5-14-28(30)38)31-22-21-24(23-34(31)40-33-18-10-17-32(38)37(33)39)41-35-19-8-2-11-25(35)26-12-3-9-20-36(26)41/h2-23,40H,1H3. The van der Waals surface area contributed by atoms with Crippen molar-refractivity contribution in [3.05, 3.63) is 172 Å². The number of hydrogen-bond donors (Lipinski definition) is 1. The van der Waals surface area contributed by atoms with Gasteiger partial charge in [-0.25, -0.2) is 0 Å². The zero-order valence-electron chi connectivity index (χ0n) is 22.6. The van der Waals surface area contributed by atoms with Crippen LogP contribution in [0.3, 0.4) is 0 Å². The Morgan fingerprint density at radius 2 is 1.05 bits per heavy atom. The van der Waals surface area contributed by atoms with Crippen LogP contribution in [0.1, 0.15) is 45.9 Å². The second-order valence-electron chi connectivity index (χ2n) is 11.9. The highest BCUT2D eigenvalue weighted by molar-refractivity contribution is 6.09. The van der Waals surface area contributed by atoms with Crippen LogP contribution in [-0.2, 0) is 10.8 Å². The van der Waals surface area contributed by atoms with E-state index in [9.17, 15) is 0 Å². The van der Waals surface area contributed by atoms with Gasteiger partial charge in [0.2, 0.25) is 0 Å². The van der Waals surface area contributed by atoms with Crippen LogP contribution in [0.25, 0.3) is 27.5 Å². The van der Waals surface area contributed by atoms with Gasteiger partial charge in [-0.05, 0) is 76.2 Å². The first-order valence-corrected chi connectivity index (χ1v) is 14.5. The summed E-state index contributed by atoms with van der Waals surface area (Å²) in [6.07, 6.45) is 0. The third-order valence-corrected chi connectivity index (χ3v) is 10.2. The van der Waals surface area contributed by atoms with Gasteiger partial charge < -0.3 is 9.88 Å². The molecule has 0 unspecified atom stereocenters. The van der Waals surface area contributed by atoms with Crippen molar-refractivity contribution >= 4 is 33.2 Å². The molecule has 3 aliphatic carbocycles. The number of hydrogen-bond acceptors (Lipinski definition) is 1. The van der Waals surface area contributed by atoms with E-state index in [1.54, 1.807) is 0 Å². The Morgan fingerprint density at radius 1 is 0.488 bits per heavy atom. The molecule has 0 amide bonds. The van der Waals surface area contributed by atoms with Crippen molar-refractivity contribution < 1.29 is 0 Å². The van der Waals surface area contributed by atoms with E-state index in [-0.39, 0.29) is 10.8 Å². The highest BCUT2D eigenvalue weighted by atomic mass is 15.0. The van der Waals surface area contributed by atoms with E-state index in [0.29, 0.717) is 0 Å². The molecule has 0 radical (unpaired) electrons. The molecule has 11 rings (SSSR count). The molecule has 0 saturated carbocycles. The third kappa shape index (κ3) is 2.31. The lowest BCUT2D eigenvalue weighted by Crippen LogP contribution is -2.51. The molecule has 7 aromatic rings. The molecule has 41 heavy (non-hydrogen) atoms. The summed E-state index contributed by atoms with van der Waals surface area (Å²) in [5, 5.41) is 6.49. The Balaban J connectivity index is 1.33. The fourth-order valence-electron chi connectivity index (χ4n) is 8.69. The minimum absolute atomic E-state index is 0.192. The van der Waals surface area contributed by atoms with E-state index in [0.717, 1.165) is 0 Å². The summed E-state index contributed by atoms with van der Waals surface area (Å²) in [6.45, 7) is 2.42. The van der Waals surface area contributed by atoms with Crippen LogP contribution < -0.4 is 5.32 Å². The molecule has 0 fully saturated rings. The van der Waals surface area contributed by atoms with Crippen LogP contribution in [0, 0.1) is 0 Å². The Kier molecular flexibility index (Phi) is 3.79. The zero-order chi connectivity index (χ0) is 26.9. The summed E-state index contributed by atoms with van der Waals surface area (Å²) in [7, 11) is 0. The molecule has 1 aromatic heterocycles. The highest BCUT2D eigenvalue weighted by Crippen LogP contribution is 2.67. The molecule has 0 atom stereocenters. The number of fused-ring (bicyclic) bond motifs is 4. The van der Waals surface area contributed by atoms with Crippen molar-refractivity contribution in [1.29, 1.82) is 0 Å². The summed E-state index contributed by atoms with van der Waals surface area (Å²) in [4.78, 5) is 0. The van der Waals surface area contributed by atoms with Gasteiger partial charge in [0.05, 0.1) is 16.4 Å². The fourth-order valence-corrected chi connectivity index (χ4v) is 8.69. The number of aromatic nitrogens is 1. The molecular formula is C39H26N2.